The third-order valence-corrected chi connectivity index (χ3v) is 8.25. The Bertz CT molecular complexity index is 612. The third-order valence-electron chi connectivity index (χ3n) is 8.25. The van der Waals surface area contributed by atoms with Crippen molar-refractivity contribution in [3.8, 4) is 0 Å². The molecule has 3 fully saturated rings. The lowest BCUT2D eigenvalue weighted by molar-refractivity contribution is -0.135. The maximum absolute atomic E-state index is 11.7. The van der Waals surface area contributed by atoms with E-state index < -0.39 is 0 Å². The summed E-state index contributed by atoms with van der Waals surface area (Å²) >= 11 is 0. The van der Waals surface area contributed by atoms with Crippen molar-refractivity contribution in [3.63, 3.8) is 0 Å². The van der Waals surface area contributed by atoms with Crippen molar-refractivity contribution in [1.29, 1.82) is 0 Å². The Morgan fingerprint density at radius 2 is 1.13 bits per heavy atom. The second-order valence-corrected chi connectivity index (χ2v) is 10.9. The van der Waals surface area contributed by atoms with Crippen LogP contribution in [0.2, 0.25) is 0 Å². The number of allylic oxidation sites excluding steroid dienone is 2. The minimum Gasteiger partial charge on any atom is -0.492 e. The van der Waals surface area contributed by atoms with E-state index in [0.29, 0.717) is 11.3 Å². The van der Waals surface area contributed by atoms with Gasteiger partial charge in [0.2, 0.25) is 0 Å². The van der Waals surface area contributed by atoms with Crippen LogP contribution in [0.3, 0.4) is 0 Å². The maximum atomic E-state index is 11.7. The smallest absolute Gasteiger partial charge is 0.338 e. The molecule has 0 spiro atoms. The van der Waals surface area contributed by atoms with Crippen LogP contribution in [-0.2, 0) is 14.3 Å². The van der Waals surface area contributed by atoms with Crippen LogP contribution < -0.4 is 0 Å². The minimum atomic E-state index is -0.377. The second kappa shape index (κ2) is 12.1. The average molecular weight is 431 g/mol. The molecule has 3 saturated carbocycles. The summed E-state index contributed by atoms with van der Waals surface area (Å²) in [5.74, 6) is 4.84. The summed E-state index contributed by atoms with van der Waals surface area (Å²) in [4.78, 5) is 11.7. The molecule has 0 unspecified atom stereocenters. The van der Waals surface area contributed by atoms with Gasteiger partial charge in [-0.15, -0.1) is 0 Å². The average Bonchev–Trinajstić information content (AvgIpc) is 2.77. The number of carbonyl (C=O) groups is 1. The molecule has 0 aromatic heterocycles. The lowest BCUT2D eigenvalue weighted by Gasteiger charge is -2.35. The molecule has 0 aromatic rings. The molecule has 3 rings (SSSR count). The quantitative estimate of drug-likeness (QED) is 0.222. The Morgan fingerprint density at radius 3 is 1.61 bits per heavy atom. The van der Waals surface area contributed by atoms with E-state index >= 15 is 0 Å². The lowest BCUT2D eigenvalue weighted by atomic mass is 9.72. The van der Waals surface area contributed by atoms with Gasteiger partial charge in [0.05, 0.1) is 6.10 Å². The Kier molecular flexibility index (Phi) is 9.53. The van der Waals surface area contributed by atoms with Crippen LogP contribution in [0.4, 0.5) is 0 Å². The molecule has 0 heterocycles. The van der Waals surface area contributed by atoms with Crippen LogP contribution in [-0.4, -0.2) is 12.1 Å². The number of esters is 1. The number of carbonyl (C=O) groups excluding carboxylic acids is 1. The lowest BCUT2D eigenvalue weighted by Crippen LogP contribution is -2.25. The highest BCUT2D eigenvalue weighted by Gasteiger charge is 2.29. The largest absolute Gasteiger partial charge is 0.492 e. The molecule has 0 N–H and O–H groups in total. The van der Waals surface area contributed by atoms with Crippen LogP contribution in [0.25, 0.3) is 0 Å². The fraction of sp³-hybridized carbons (Fsp3) is 0.821. The van der Waals surface area contributed by atoms with Gasteiger partial charge < -0.3 is 9.47 Å². The highest BCUT2D eigenvalue weighted by Crippen LogP contribution is 2.41. The predicted octanol–water partition coefficient (Wildman–Crippen LogP) is 8.10. The van der Waals surface area contributed by atoms with Crippen molar-refractivity contribution >= 4 is 5.97 Å². The van der Waals surface area contributed by atoms with Gasteiger partial charge in [0.15, 0.2) is 0 Å². The number of rotatable bonds is 8. The zero-order chi connectivity index (χ0) is 22.2. The van der Waals surface area contributed by atoms with Crippen molar-refractivity contribution in [1.82, 2.24) is 0 Å². The van der Waals surface area contributed by atoms with Crippen LogP contribution in [0.15, 0.2) is 23.7 Å². The SMILES string of the molecule is C=C(C)C(=O)O/C(C)=C(\C)OC1CCC(CC2CCC(CC3CCCCC3)CC2)CC1. The van der Waals surface area contributed by atoms with E-state index in [1.165, 1.54) is 83.5 Å². The van der Waals surface area contributed by atoms with Crippen molar-refractivity contribution in [2.75, 3.05) is 0 Å². The van der Waals surface area contributed by atoms with Crippen LogP contribution in [0.5, 0.6) is 0 Å². The summed E-state index contributed by atoms with van der Waals surface area (Å²) in [7, 11) is 0. The van der Waals surface area contributed by atoms with Gasteiger partial charge in [-0.3, -0.25) is 0 Å². The monoisotopic (exact) mass is 430 g/mol. The van der Waals surface area contributed by atoms with Gasteiger partial charge >= 0.3 is 5.97 Å². The first-order valence-electron chi connectivity index (χ1n) is 13.1. The van der Waals surface area contributed by atoms with Crippen molar-refractivity contribution in [2.45, 2.75) is 123 Å². The molecule has 3 aliphatic rings. The molecule has 3 heteroatoms. The van der Waals surface area contributed by atoms with Crippen LogP contribution >= 0.6 is 0 Å². The first-order valence-corrected chi connectivity index (χ1v) is 13.1. The van der Waals surface area contributed by atoms with E-state index in [9.17, 15) is 4.79 Å². The summed E-state index contributed by atoms with van der Waals surface area (Å²) in [5, 5.41) is 0. The molecule has 3 aliphatic carbocycles. The molecule has 176 valence electrons. The van der Waals surface area contributed by atoms with Crippen molar-refractivity contribution < 1.29 is 14.3 Å². The fourth-order valence-corrected chi connectivity index (χ4v) is 6.18. The third kappa shape index (κ3) is 7.99. The van der Waals surface area contributed by atoms with Gasteiger partial charge in [-0.2, -0.15) is 0 Å². The molecule has 31 heavy (non-hydrogen) atoms. The highest BCUT2D eigenvalue weighted by atomic mass is 16.6. The number of hydrogen-bond donors (Lipinski definition) is 0. The molecule has 0 radical (unpaired) electrons. The molecule has 3 nitrogen and oxygen atoms in total. The van der Waals surface area contributed by atoms with E-state index in [1.54, 1.807) is 13.8 Å². The fourth-order valence-electron chi connectivity index (χ4n) is 6.18. The van der Waals surface area contributed by atoms with Gasteiger partial charge in [-0.05, 0) is 83.0 Å². The molecular weight excluding hydrogens is 384 g/mol. The first kappa shape index (κ1) is 24.4. The molecule has 0 aliphatic heterocycles. The van der Waals surface area contributed by atoms with Crippen LogP contribution in [0.1, 0.15) is 117 Å². The number of ether oxygens (including phenoxy) is 2. The number of hydrogen-bond acceptors (Lipinski definition) is 3. The minimum absolute atomic E-state index is 0.265. The predicted molar refractivity (Wildman–Crippen MR) is 127 cm³/mol. The van der Waals surface area contributed by atoms with Gasteiger partial charge in [0.25, 0.3) is 0 Å². The molecule has 0 bridgehead atoms. The second-order valence-electron chi connectivity index (χ2n) is 10.9. The Morgan fingerprint density at radius 1 is 0.677 bits per heavy atom. The Hall–Kier alpha value is -1.25. The summed E-state index contributed by atoms with van der Waals surface area (Å²) in [6.07, 6.45) is 21.5. The van der Waals surface area contributed by atoms with Crippen molar-refractivity contribution in [3.05, 3.63) is 23.7 Å². The topological polar surface area (TPSA) is 35.5 Å². The van der Waals surface area contributed by atoms with Gasteiger partial charge in [-0.1, -0.05) is 64.4 Å². The zero-order valence-corrected chi connectivity index (χ0v) is 20.4. The Balaban J connectivity index is 1.32. The van der Waals surface area contributed by atoms with E-state index in [4.69, 9.17) is 9.47 Å². The summed E-state index contributed by atoms with van der Waals surface area (Å²) in [6, 6.07) is 0. The van der Waals surface area contributed by atoms with Gasteiger partial charge in [-0.25, -0.2) is 4.79 Å². The summed E-state index contributed by atoms with van der Waals surface area (Å²) in [5.41, 5.74) is 0.413. The van der Waals surface area contributed by atoms with E-state index in [0.717, 1.165) is 42.3 Å². The van der Waals surface area contributed by atoms with Crippen molar-refractivity contribution in [2.24, 2.45) is 23.7 Å². The maximum Gasteiger partial charge on any atom is 0.338 e. The highest BCUT2D eigenvalue weighted by molar-refractivity contribution is 5.87. The van der Waals surface area contributed by atoms with E-state index in [2.05, 4.69) is 6.58 Å². The summed E-state index contributed by atoms with van der Waals surface area (Å²) in [6.45, 7) is 8.99. The van der Waals surface area contributed by atoms with Crippen LogP contribution in [0, 0.1) is 23.7 Å². The zero-order valence-electron chi connectivity index (χ0n) is 20.4. The Labute approximate surface area is 191 Å². The van der Waals surface area contributed by atoms with Gasteiger partial charge in [0, 0.05) is 5.57 Å². The first-order chi connectivity index (χ1) is 14.9. The molecule has 0 saturated heterocycles. The van der Waals surface area contributed by atoms with E-state index in [1.807, 2.05) is 6.92 Å². The standard InChI is InChI=1S/C28H46O3/c1-20(2)28(29)31-22(4)21(3)30-27-16-14-26(15-17-27)19-25-12-10-24(11-13-25)18-23-8-6-5-7-9-23/h23-27H,1,5-19H2,2-4H3/b22-21+. The molecule has 0 aromatic carbocycles. The van der Waals surface area contributed by atoms with Gasteiger partial charge in [0.1, 0.15) is 11.5 Å². The van der Waals surface area contributed by atoms with E-state index in [-0.39, 0.29) is 12.1 Å². The molecule has 0 amide bonds. The molecular formula is C28H46O3. The normalized spacial score (nSPS) is 30.9. The summed E-state index contributed by atoms with van der Waals surface area (Å²) < 4.78 is 11.4. The molecule has 0 atom stereocenters.